The van der Waals surface area contributed by atoms with Crippen LogP contribution in [0.1, 0.15) is 23.6 Å². The summed E-state index contributed by atoms with van der Waals surface area (Å²) < 4.78 is 5.20. The molecule has 25 heavy (non-hydrogen) atoms. The molecule has 3 rings (SSSR count). The summed E-state index contributed by atoms with van der Waals surface area (Å²) in [5.74, 6) is 1.02. The molecule has 1 aliphatic heterocycles. The summed E-state index contributed by atoms with van der Waals surface area (Å²) in [6.07, 6.45) is 0. The summed E-state index contributed by atoms with van der Waals surface area (Å²) in [4.78, 5) is 17.0. The van der Waals surface area contributed by atoms with Gasteiger partial charge < -0.3 is 9.64 Å². The first-order valence-electron chi connectivity index (χ1n) is 8.75. The Morgan fingerprint density at radius 2 is 1.76 bits per heavy atom. The Hall–Kier alpha value is -2.33. The highest BCUT2D eigenvalue weighted by molar-refractivity contribution is 5.97. The van der Waals surface area contributed by atoms with E-state index in [2.05, 4.69) is 43.0 Å². The first kappa shape index (κ1) is 17.5. The van der Waals surface area contributed by atoms with Crippen LogP contribution >= 0.6 is 0 Å². The van der Waals surface area contributed by atoms with E-state index in [-0.39, 0.29) is 11.9 Å². The van der Waals surface area contributed by atoms with E-state index in [1.165, 1.54) is 16.7 Å². The standard InChI is InChI=1S/C21H26N2O2/c1-15-5-8-19(13-16(15)2)23-12-11-22(17(3)21(23)24)14-18-6-9-20(25-4)10-7-18/h5-10,13,17H,11-12,14H2,1-4H3/t17-/m0/s1. The molecular weight excluding hydrogens is 312 g/mol. The number of hydrogen-bond donors (Lipinski definition) is 0. The van der Waals surface area contributed by atoms with E-state index in [4.69, 9.17) is 4.74 Å². The minimum atomic E-state index is -0.127. The van der Waals surface area contributed by atoms with E-state index in [1.807, 2.05) is 30.0 Å². The molecule has 0 spiro atoms. The third-order valence-corrected chi connectivity index (χ3v) is 5.13. The molecule has 0 aliphatic carbocycles. The fourth-order valence-electron chi connectivity index (χ4n) is 3.25. The molecule has 0 saturated carbocycles. The van der Waals surface area contributed by atoms with Gasteiger partial charge in [0.05, 0.1) is 13.2 Å². The third kappa shape index (κ3) is 3.69. The smallest absolute Gasteiger partial charge is 0.244 e. The summed E-state index contributed by atoms with van der Waals surface area (Å²) in [5.41, 5.74) is 4.67. The first-order chi connectivity index (χ1) is 12.0. The number of carbonyl (C=O) groups is 1. The zero-order valence-electron chi connectivity index (χ0n) is 15.5. The maximum absolute atomic E-state index is 12.9. The number of piperazine rings is 1. The minimum Gasteiger partial charge on any atom is -0.497 e. The molecule has 1 heterocycles. The Labute approximate surface area is 150 Å². The van der Waals surface area contributed by atoms with E-state index < -0.39 is 0 Å². The number of hydrogen-bond acceptors (Lipinski definition) is 3. The monoisotopic (exact) mass is 338 g/mol. The summed E-state index contributed by atoms with van der Waals surface area (Å²) >= 11 is 0. The van der Waals surface area contributed by atoms with Crippen LogP contribution in [0, 0.1) is 13.8 Å². The molecule has 1 amide bonds. The third-order valence-electron chi connectivity index (χ3n) is 5.13. The lowest BCUT2D eigenvalue weighted by molar-refractivity contribution is -0.125. The van der Waals surface area contributed by atoms with Crippen LogP contribution in [0.2, 0.25) is 0 Å². The number of rotatable bonds is 4. The van der Waals surface area contributed by atoms with Crippen LogP contribution in [0.15, 0.2) is 42.5 Å². The zero-order chi connectivity index (χ0) is 18.0. The fraction of sp³-hybridized carbons (Fsp3) is 0.381. The lowest BCUT2D eigenvalue weighted by Crippen LogP contribution is -2.55. The molecule has 1 fully saturated rings. The van der Waals surface area contributed by atoms with Gasteiger partial charge in [0.1, 0.15) is 5.75 Å². The van der Waals surface area contributed by atoms with Gasteiger partial charge in [-0.25, -0.2) is 0 Å². The van der Waals surface area contributed by atoms with Gasteiger partial charge in [-0.2, -0.15) is 0 Å². The van der Waals surface area contributed by atoms with E-state index in [9.17, 15) is 4.79 Å². The van der Waals surface area contributed by atoms with E-state index in [0.29, 0.717) is 0 Å². The molecule has 1 saturated heterocycles. The van der Waals surface area contributed by atoms with Crippen molar-refractivity contribution in [3.05, 3.63) is 59.2 Å². The second-order valence-electron chi connectivity index (χ2n) is 6.75. The molecule has 0 radical (unpaired) electrons. The molecule has 2 aromatic rings. The molecule has 4 heteroatoms. The average molecular weight is 338 g/mol. The predicted octanol–water partition coefficient (Wildman–Crippen LogP) is 3.55. The van der Waals surface area contributed by atoms with Crippen LogP contribution < -0.4 is 9.64 Å². The Morgan fingerprint density at radius 1 is 1.04 bits per heavy atom. The molecule has 0 N–H and O–H groups in total. The van der Waals surface area contributed by atoms with Crippen molar-refractivity contribution in [3.63, 3.8) is 0 Å². The molecule has 0 bridgehead atoms. The van der Waals surface area contributed by atoms with Gasteiger partial charge in [-0.1, -0.05) is 18.2 Å². The second-order valence-corrected chi connectivity index (χ2v) is 6.75. The van der Waals surface area contributed by atoms with Crippen LogP contribution in [0.4, 0.5) is 5.69 Å². The summed E-state index contributed by atoms with van der Waals surface area (Å²) in [6.45, 7) is 8.55. The Kier molecular flexibility index (Phi) is 5.09. The van der Waals surface area contributed by atoms with Crippen molar-refractivity contribution in [3.8, 4) is 5.75 Å². The number of carbonyl (C=O) groups excluding carboxylic acids is 1. The maximum Gasteiger partial charge on any atom is 0.244 e. The molecule has 1 aliphatic rings. The highest BCUT2D eigenvalue weighted by Gasteiger charge is 2.32. The molecule has 4 nitrogen and oxygen atoms in total. The van der Waals surface area contributed by atoms with Gasteiger partial charge in [-0.15, -0.1) is 0 Å². The quantitative estimate of drug-likeness (QED) is 0.855. The van der Waals surface area contributed by atoms with Gasteiger partial charge in [-0.05, 0) is 61.7 Å². The zero-order valence-corrected chi connectivity index (χ0v) is 15.5. The first-order valence-corrected chi connectivity index (χ1v) is 8.75. The summed E-state index contributed by atoms with van der Waals surface area (Å²) in [7, 11) is 1.67. The minimum absolute atomic E-state index is 0.127. The van der Waals surface area contributed by atoms with Crippen LogP contribution in [0.5, 0.6) is 5.75 Å². The summed E-state index contributed by atoms with van der Waals surface area (Å²) in [5, 5.41) is 0. The van der Waals surface area contributed by atoms with Gasteiger partial charge in [0.15, 0.2) is 0 Å². The number of anilines is 1. The Morgan fingerprint density at radius 3 is 2.40 bits per heavy atom. The van der Waals surface area contributed by atoms with Gasteiger partial charge >= 0.3 is 0 Å². The molecule has 2 aromatic carbocycles. The van der Waals surface area contributed by atoms with Crippen molar-refractivity contribution in [1.82, 2.24) is 4.90 Å². The van der Waals surface area contributed by atoms with Gasteiger partial charge in [0, 0.05) is 25.3 Å². The number of ether oxygens (including phenoxy) is 1. The second kappa shape index (κ2) is 7.28. The fourth-order valence-corrected chi connectivity index (χ4v) is 3.25. The van der Waals surface area contributed by atoms with Crippen LogP contribution in [0.3, 0.4) is 0 Å². The molecular formula is C21H26N2O2. The maximum atomic E-state index is 12.9. The molecule has 0 unspecified atom stereocenters. The van der Waals surface area contributed by atoms with Gasteiger partial charge in [0.25, 0.3) is 0 Å². The Balaban J connectivity index is 1.71. The van der Waals surface area contributed by atoms with E-state index in [0.717, 1.165) is 31.1 Å². The number of benzene rings is 2. The van der Waals surface area contributed by atoms with Crippen molar-refractivity contribution in [2.75, 3.05) is 25.1 Å². The van der Waals surface area contributed by atoms with Crippen molar-refractivity contribution < 1.29 is 9.53 Å². The van der Waals surface area contributed by atoms with E-state index >= 15 is 0 Å². The highest BCUT2D eigenvalue weighted by Crippen LogP contribution is 2.24. The van der Waals surface area contributed by atoms with Crippen molar-refractivity contribution in [2.45, 2.75) is 33.4 Å². The van der Waals surface area contributed by atoms with Gasteiger partial charge in [0.2, 0.25) is 5.91 Å². The lowest BCUT2D eigenvalue weighted by atomic mass is 10.1. The molecule has 1 atom stereocenters. The highest BCUT2D eigenvalue weighted by atomic mass is 16.5. The van der Waals surface area contributed by atoms with Crippen LogP contribution in [0.25, 0.3) is 0 Å². The lowest BCUT2D eigenvalue weighted by Gasteiger charge is -2.39. The molecule has 132 valence electrons. The van der Waals surface area contributed by atoms with E-state index in [1.54, 1.807) is 7.11 Å². The topological polar surface area (TPSA) is 32.8 Å². The van der Waals surface area contributed by atoms with Crippen molar-refractivity contribution >= 4 is 11.6 Å². The van der Waals surface area contributed by atoms with Gasteiger partial charge in [-0.3, -0.25) is 9.69 Å². The number of amides is 1. The van der Waals surface area contributed by atoms with Crippen LogP contribution in [-0.4, -0.2) is 37.0 Å². The van der Waals surface area contributed by atoms with Crippen molar-refractivity contribution in [2.24, 2.45) is 0 Å². The number of nitrogens with zero attached hydrogens (tertiary/aromatic N) is 2. The predicted molar refractivity (Wildman–Crippen MR) is 101 cm³/mol. The Bertz CT molecular complexity index is 755. The summed E-state index contributed by atoms with van der Waals surface area (Å²) in [6, 6.07) is 14.2. The SMILES string of the molecule is COc1ccc(CN2CCN(c3ccc(C)c(C)c3)C(=O)[C@@H]2C)cc1. The number of aryl methyl sites for hydroxylation is 2. The van der Waals surface area contributed by atoms with Crippen molar-refractivity contribution in [1.29, 1.82) is 0 Å². The molecule has 0 aromatic heterocycles. The normalized spacial score (nSPS) is 18.5. The largest absolute Gasteiger partial charge is 0.497 e. The number of methoxy groups -OCH3 is 1. The average Bonchev–Trinajstić information content (AvgIpc) is 2.62. The van der Waals surface area contributed by atoms with Crippen LogP contribution in [-0.2, 0) is 11.3 Å².